The van der Waals surface area contributed by atoms with Crippen molar-refractivity contribution in [1.29, 1.82) is 0 Å². The molecular weight excluding hydrogens is 382 g/mol. The zero-order chi connectivity index (χ0) is 19.6. The van der Waals surface area contributed by atoms with Crippen LogP contribution in [0.2, 0.25) is 5.02 Å². The van der Waals surface area contributed by atoms with Crippen molar-refractivity contribution in [2.75, 3.05) is 5.32 Å². The normalized spacial score (nSPS) is 19.7. The van der Waals surface area contributed by atoms with Gasteiger partial charge >= 0.3 is 0 Å². The molecule has 2 aromatic rings. The molecule has 0 spiro atoms. The number of hydrogen-bond acceptors (Lipinski definition) is 1. The molecule has 0 aliphatic heterocycles. The predicted molar refractivity (Wildman–Crippen MR) is 95.7 cm³/mol. The summed E-state index contributed by atoms with van der Waals surface area (Å²) in [6.07, 6.45) is 2.72. The number of nitrogens with one attached hydrogen (secondary N) is 1. The Morgan fingerprint density at radius 2 is 1.67 bits per heavy atom. The summed E-state index contributed by atoms with van der Waals surface area (Å²) in [5, 5.41) is 2.14. The predicted octanol–water partition coefficient (Wildman–Crippen LogP) is 6.20. The van der Waals surface area contributed by atoms with Crippen LogP contribution in [0.1, 0.15) is 43.6 Å². The zero-order valence-electron chi connectivity index (χ0n) is 14.4. The third-order valence-electron chi connectivity index (χ3n) is 5.05. The fraction of sp³-hybridized carbons (Fsp3) is 0.350. The molecule has 1 aliphatic rings. The molecule has 2 nitrogen and oxygen atoms in total. The molecule has 3 rings (SSSR count). The molecule has 1 aliphatic carbocycles. The van der Waals surface area contributed by atoms with Crippen LogP contribution in [0.3, 0.4) is 0 Å². The van der Waals surface area contributed by atoms with E-state index in [1.807, 2.05) is 0 Å². The number of carbonyl (C=O) groups excluding carboxylic acids is 1. The lowest BCUT2D eigenvalue weighted by atomic mass is 9.77. The maximum atomic E-state index is 14.1. The number of anilines is 1. The summed E-state index contributed by atoms with van der Waals surface area (Å²) >= 11 is 5.58. The topological polar surface area (TPSA) is 29.1 Å². The summed E-state index contributed by atoms with van der Waals surface area (Å²) < 4.78 is 54.5. The quantitative estimate of drug-likeness (QED) is 0.481. The van der Waals surface area contributed by atoms with Gasteiger partial charge in [-0.25, -0.2) is 17.6 Å². The van der Waals surface area contributed by atoms with Crippen LogP contribution >= 0.6 is 11.6 Å². The van der Waals surface area contributed by atoms with Gasteiger partial charge in [0, 0.05) is 6.42 Å². The molecule has 0 radical (unpaired) electrons. The highest BCUT2D eigenvalue weighted by Crippen LogP contribution is 2.39. The molecule has 0 aromatic heterocycles. The molecule has 1 saturated carbocycles. The summed E-state index contributed by atoms with van der Waals surface area (Å²) in [5.74, 6) is -4.53. The van der Waals surface area contributed by atoms with E-state index in [2.05, 4.69) is 5.32 Å². The minimum absolute atomic E-state index is 0.0538. The van der Waals surface area contributed by atoms with Gasteiger partial charge in [0.15, 0.2) is 23.3 Å². The van der Waals surface area contributed by atoms with E-state index in [4.69, 9.17) is 11.6 Å². The second-order valence-corrected chi connectivity index (χ2v) is 7.24. The zero-order valence-corrected chi connectivity index (χ0v) is 15.1. The summed E-state index contributed by atoms with van der Waals surface area (Å²) in [7, 11) is 0. The lowest BCUT2D eigenvalue weighted by molar-refractivity contribution is -0.117. The molecule has 2 aromatic carbocycles. The number of carbonyl (C=O) groups is 1. The number of amides is 1. The summed E-state index contributed by atoms with van der Waals surface area (Å²) in [6, 6.07) is 6.45. The smallest absolute Gasteiger partial charge is 0.224 e. The van der Waals surface area contributed by atoms with Gasteiger partial charge in [0.1, 0.15) is 0 Å². The Labute approximate surface area is 159 Å². The standard InChI is InChI=1S/C20H18ClF4NO/c21-14-9-8-13(18(23)19(14)24)12-6-4-11(5-7-12)10-17(27)26-16-3-1-2-15(22)20(16)25/h1-3,8-9,11-12H,4-7,10H2,(H,26,27). The second kappa shape index (κ2) is 8.30. The van der Waals surface area contributed by atoms with E-state index in [0.717, 1.165) is 6.07 Å². The fourth-order valence-corrected chi connectivity index (χ4v) is 3.74. The highest BCUT2D eigenvalue weighted by molar-refractivity contribution is 6.30. The molecule has 0 heterocycles. The van der Waals surface area contributed by atoms with Crippen molar-refractivity contribution in [1.82, 2.24) is 0 Å². The van der Waals surface area contributed by atoms with E-state index >= 15 is 0 Å². The Hall–Kier alpha value is -2.08. The van der Waals surface area contributed by atoms with Gasteiger partial charge in [-0.3, -0.25) is 4.79 Å². The third kappa shape index (κ3) is 4.43. The molecule has 0 atom stereocenters. The van der Waals surface area contributed by atoms with Crippen LogP contribution in [0.5, 0.6) is 0 Å². The second-order valence-electron chi connectivity index (χ2n) is 6.84. The van der Waals surface area contributed by atoms with Crippen LogP contribution in [0.25, 0.3) is 0 Å². The molecule has 0 unspecified atom stereocenters. The Morgan fingerprint density at radius 1 is 0.963 bits per heavy atom. The van der Waals surface area contributed by atoms with E-state index in [1.54, 1.807) is 0 Å². The Kier molecular flexibility index (Phi) is 6.05. The van der Waals surface area contributed by atoms with Gasteiger partial charge in [-0.2, -0.15) is 0 Å². The lowest BCUT2D eigenvalue weighted by Crippen LogP contribution is -2.21. The minimum atomic E-state index is -1.09. The largest absolute Gasteiger partial charge is 0.323 e. The van der Waals surface area contributed by atoms with Crippen LogP contribution in [0.15, 0.2) is 30.3 Å². The van der Waals surface area contributed by atoms with Gasteiger partial charge < -0.3 is 5.32 Å². The van der Waals surface area contributed by atoms with E-state index in [-0.39, 0.29) is 29.0 Å². The molecule has 1 fully saturated rings. The van der Waals surface area contributed by atoms with Crippen LogP contribution in [-0.2, 0) is 4.79 Å². The van der Waals surface area contributed by atoms with Crippen LogP contribution in [0.4, 0.5) is 23.2 Å². The van der Waals surface area contributed by atoms with Gasteiger partial charge in [0.2, 0.25) is 5.91 Å². The fourth-order valence-electron chi connectivity index (χ4n) is 3.60. The van der Waals surface area contributed by atoms with Crippen molar-refractivity contribution < 1.29 is 22.4 Å². The van der Waals surface area contributed by atoms with Crippen LogP contribution in [-0.4, -0.2) is 5.91 Å². The molecule has 27 heavy (non-hydrogen) atoms. The molecule has 7 heteroatoms. The first-order chi connectivity index (χ1) is 12.9. The van der Waals surface area contributed by atoms with Gasteiger partial charge in [-0.05, 0) is 61.3 Å². The number of halogens is 5. The van der Waals surface area contributed by atoms with Crippen LogP contribution in [0, 0.1) is 29.2 Å². The first kappa shape index (κ1) is 19.7. The Balaban J connectivity index is 1.56. The highest BCUT2D eigenvalue weighted by atomic mass is 35.5. The SMILES string of the molecule is O=C(CC1CCC(c2ccc(Cl)c(F)c2F)CC1)Nc1cccc(F)c1F. The average Bonchev–Trinajstić information content (AvgIpc) is 2.65. The van der Waals surface area contributed by atoms with E-state index in [1.165, 1.54) is 24.3 Å². The Bertz CT molecular complexity index is 850. The summed E-state index contributed by atoms with van der Waals surface area (Å²) in [5.41, 5.74) is 0.119. The van der Waals surface area contributed by atoms with Crippen molar-refractivity contribution in [3.05, 3.63) is 64.2 Å². The van der Waals surface area contributed by atoms with Crippen molar-refractivity contribution >= 4 is 23.2 Å². The van der Waals surface area contributed by atoms with Crippen molar-refractivity contribution in [2.45, 2.75) is 38.0 Å². The molecular formula is C20H18ClF4NO. The number of rotatable bonds is 4. The first-order valence-electron chi connectivity index (χ1n) is 8.74. The van der Waals surface area contributed by atoms with E-state index in [9.17, 15) is 22.4 Å². The number of benzene rings is 2. The van der Waals surface area contributed by atoms with Gasteiger partial charge in [-0.15, -0.1) is 0 Å². The van der Waals surface area contributed by atoms with E-state index < -0.39 is 29.2 Å². The highest BCUT2D eigenvalue weighted by Gasteiger charge is 2.27. The maximum Gasteiger partial charge on any atom is 0.224 e. The summed E-state index contributed by atoms with van der Waals surface area (Å²) in [6.45, 7) is 0. The molecule has 1 N–H and O–H groups in total. The van der Waals surface area contributed by atoms with Crippen LogP contribution < -0.4 is 5.32 Å². The van der Waals surface area contributed by atoms with Gasteiger partial charge in [0.25, 0.3) is 0 Å². The summed E-state index contributed by atoms with van der Waals surface area (Å²) in [4.78, 5) is 12.1. The number of hydrogen-bond donors (Lipinski definition) is 1. The molecule has 144 valence electrons. The maximum absolute atomic E-state index is 14.1. The van der Waals surface area contributed by atoms with E-state index in [0.29, 0.717) is 31.2 Å². The van der Waals surface area contributed by atoms with Crippen molar-refractivity contribution in [2.24, 2.45) is 5.92 Å². The van der Waals surface area contributed by atoms with Gasteiger partial charge in [-0.1, -0.05) is 23.7 Å². The van der Waals surface area contributed by atoms with Gasteiger partial charge in [0.05, 0.1) is 10.7 Å². The Morgan fingerprint density at radius 3 is 2.37 bits per heavy atom. The molecule has 0 bridgehead atoms. The molecule has 1 amide bonds. The first-order valence-corrected chi connectivity index (χ1v) is 9.12. The minimum Gasteiger partial charge on any atom is -0.323 e. The monoisotopic (exact) mass is 399 g/mol. The molecule has 0 saturated heterocycles. The van der Waals surface area contributed by atoms with Crippen molar-refractivity contribution in [3.8, 4) is 0 Å². The van der Waals surface area contributed by atoms with Crippen molar-refractivity contribution in [3.63, 3.8) is 0 Å². The third-order valence-corrected chi connectivity index (χ3v) is 5.34. The average molecular weight is 400 g/mol. The lowest BCUT2D eigenvalue weighted by Gasteiger charge is -2.28.